The molecule has 2 nitrogen and oxygen atoms in total. The van der Waals surface area contributed by atoms with Crippen molar-refractivity contribution in [2.45, 2.75) is 51.9 Å². The summed E-state index contributed by atoms with van der Waals surface area (Å²) in [5.41, 5.74) is 0.0691. The minimum Gasteiger partial charge on any atom is -0.349 e. The van der Waals surface area contributed by atoms with Crippen LogP contribution in [0.25, 0.3) is 0 Å². The predicted molar refractivity (Wildman–Crippen MR) is 75.7 cm³/mol. The molecule has 0 saturated carbocycles. The van der Waals surface area contributed by atoms with E-state index in [0.717, 1.165) is 18.6 Å². The maximum absolute atomic E-state index is 13.4. The molecule has 0 heterocycles. The zero-order chi connectivity index (χ0) is 16.5. The molecule has 0 N–H and O–H groups in total. The van der Waals surface area contributed by atoms with Crippen LogP contribution in [-0.4, -0.2) is 19.4 Å². The Morgan fingerprint density at radius 3 is 2.18 bits per heavy atom. The highest BCUT2D eigenvalue weighted by Crippen LogP contribution is 2.26. The topological polar surface area (TPSA) is 18.5 Å². The van der Waals surface area contributed by atoms with Gasteiger partial charge in [0.15, 0.2) is 23.7 Å². The van der Waals surface area contributed by atoms with Crippen molar-refractivity contribution in [1.82, 2.24) is 0 Å². The summed E-state index contributed by atoms with van der Waals surface area (Å²) in [5.74, 6) is -4.11. The van der Waals surface area contributed by atoms with Crippen LogP contribution >= 0.6 is 0 Å². The van der Waals surface area contributed by atoms with E-state index in [-0.39, 0.29) is 18.3 Å². The Morgan fingerprint density at radius 1 is 1.05 bits per heavy atom. The SMILES string of the molecule is CCCC(CCCF)OC(OCC)c1cc(F)c(F)c(F)c1. The fraction of sp³-hybridized carbons (Fsp3) is 0.625. The van der Waals surface area contributed by atoms with E-state index in [0.29, 0.717) is 19.3 Å². The van der Waals surface area contributed by atoms with Crippen LogP contribution in [0.2, 0.25) is 0 Å². The number of halogens is 4. The summed E-state index contributed by atoms with van der Waals surface area (Å²) in [7, 11) is 0. The summed E-state index contributed by atoms with van der Waals surface area (Å²) in [6, 6.07) is 1.72. The second kappa shape index (κ2) is 9.79. The third-order valence-corrected chi connectivity index (χ3v) is 3.18. The van der Waals surface area contributed by atoms with Gasteiger partial charge in [-0.2, -0.15) is 0 Å². The van der Waals surface area contributed by atoms with Crippen LogP contribution < -0.4 is 0 Å². The van der Waals surface area contributed by atoms with E-state index in [2.05, 4.69) is 0 Å². The third kappa shape index (κ3) is 5.57. The summed E-state index contributed by atoms with van der Waals surface area (Å²) >= 11 is 0. The van der Waals surface area contributed by atoms with E-state index in [1.54, 1.807) is 6.92 Å². The number of benzene rings is 1. The Morgan fingerprint density at radius 2 is 1.68 bits per heavy atom. The molecule has 2 atom stereocenters. The number of hydrogen-bond acceptors (Lipinski definition) is 2. The molecule has 0 amide bonds. The van der Waals surface area contributed by atoms with Gasteiger partial charge in [0, 0.05) is 12.2 Å². The smallest absolute Gasteiger partial charge is 0.194 e. The number of rotatable bonds is 10. The molecule has 0 aromatic heterocycles. The molecule has 126 valence electrons. The van der Waals surface area contributed by atoms with Crippen molar-refractivity contribution in [3.05, 3.63) is 35.1 Å². The highest BCUT2D eigenvalue weighted by molar-refractivity contribution is 5.20. The van der Waals surface area contributed by atoms with Gasteiger partial charge in [-0.05, 0) is 38.3 Å². The van der Waals surface area contributed by atoms with Crippen molar-refractivity contribution < 1.29 is 27.0 Å². The van der Waals surface area contributed by atoms with Gasteiger partial charge in [0.25, 0.3) is 0 Å². The average molecular weight is 322 g/mol. The molecule has 0 aliphatic rings. The maximum atomic E-state index is 13.4. The molecular weight excluding hydrogens is 300 g/mol. The Labute approximate surface area is 128 Å². The van der Waals surface area contributed by atoms with Gasteiger partial charge in [0.05, 0.1) is 12.8 Å². The highest BCUT2D eigenvalue weighted by Gasteiger charge is 2.21. The molecule has 1 rings (SSSR count). The monoisotopic (exact) mass is 322 g/mol. The summed E-state index contributed by atoms with van der Waals surface area (Å²) in [6.45, 7) is 3.47. The number of ether oxygens (including phenoxy) is 2. The molecule has 22 heavy (non-hydrogen) atoms. The van der Waals surface area contributed by atoms with Crippen molar-refractivity contribution in [1.29, 1.82) is 0 Å². The van der Waals surface area contributed by atoms with Gasteiger partial charge in [-0.1, -0.05) is 13.3 Å². The van der Waals surface area contributed by atoms with E-state index < -0.39 is 30.4 Å². The summed E-state index contributed by atoms with van der Waals surface area (Å²) in [6.07, 6.45) is 1.03. The predicted octanol–water partition coefficient (Wildman–Crippen LogP) is 5.07. The van der Waals surface area contributed by atoms with Crippen molar-refractivity contribution in [2.24, 2.45) is 0 Å². The van der Waals surface area contributed by atoms with E-state index >= 15 is 0 Å². The van der Waals surface area contributed by atoms with Crippen molar-refractivity contribution in [3.63, 3.8) is 0 Å². The van der Waals surface area contributed by atoms with Gasteiger partial charge in [0.1, 0.15) is 0 Å². The Balaban J connectivity index is 2.91. The first kappa shape index (κ1) is 18.9. The molecule has 0 spiro atoms. The lowest BCUT2D eigenvalue weighted by molar-refractivity contribution is -0.176. The average Bonchev–Trinajstić information content (AvgIpc) is 2.49. The van der Waals surface area contributed by atoms with Gasteiger partial charge in [-0.3, -0.25) is 4.39 Å². The number of alkyl halides is 1. The van der Waals surface area contributed by atoms with Crippen LogP contribution in [0.15, 0.2) is 12.1 Å². The zero-order valence-electron chi connectivity index (χ0n) is 12.9. The largest absolute Gasteiger partial charge is 0.349 e. The Kier molecular flexibility index (Phi) is 8.42. The van der Waals surface area contributed by atoms with Crippen LogP contribution in [0.3, 0.4) is 0 Å². The van der Waals surface area contributed by atoms with Crippen LogP contribution in [0, 0.1) is 17.5 Å². The van der Waals surface area contributed by atoms with E-state index in [9.17, 15) is 17.6 Å². The Hall–Kier alpha value is -1.14. The summed E-state index contributed by atoms with van der Waals surface area (Å²) < 4.78 is 63.2. The molecule has 0 aliphatic heterocycles. The first-order chi connectivity index (χ1) is 10.5. The van der Waals surface area contributed by atoms with E-state index in [1.165, 1.54) is 0 Å². The lowest BCUT2D eigenvalue weighted by Gasteiger charge is -2.25. The number of hydrogen-bond donors (Lipinski definition) is 0. The van der Waals surface area contributed by atoms with Gasteiger partial charge < -0.3 is 9.47 Å². The molecule has 0 saturated heterocycles. The second-order valence-corrected chi connectivity index (χ2v) is 4.96. The van der Waals surface area contributed by atoms with Crippen molar-refractivity contribution in [2.75, 3.05) is 13.3 Å². The fourth-order valence-corrected chi connectivity index (χ4v) is 2.16. The summed E-state index contributed by atoms with van der Waals surface area (Å²) in [5, 5.41) is 0. The first-order valence-electron chi connectivity index (χ1n) is 7.50. The summed E-state index contributed by atoms with van der Waals surface area (Å²) in [4.78, 5) is 0. The van der Waals surface area contributed by atoms with Gasteiger partial charge in [0.2, 0.25) is 0 Å². The molecule has 1 aromatic rings. The standard InChI is InChI=1S/C16H22F4O2/c1-3-6-12(7-5-8-17)22-16(21-4-2)11-9-13(18)15(20)14(19)10-11/h9-10,12,16H,3-8H2,1-2H3. The van der Waals surface area contributed by atoms with E-state index in [4.69, 9.17) is 9.47 Å². The molecule has 1 aromatic carbocycles. The normalized spacial score (nSPS) is 14.1. The van der Waals surface area contributed by atoms with Crippen molar-refractivity contribution >= 4 is 0 Å². The minimum absolute atomic E-state index is 0.0691. The molecule has 6 heteroatoms. The van der Waals surface area contributed by atoms with Crippen LogP contribution in [0.1, 0.15) is 51.4 Å². The zero-order valence-corrected chi connectivity index (χ0v) is 12.9. The lowest BCUT2D eigenvalue weighted by Crippen LogP contribution is -2.20. The first-order valence-corrected chi connectivity index (χ1v) is 7.50. The molecular formula is C16H22F4O2. The molecule has 0 aliphatic carbocycles. The minimum atomic E-state index is -1.53. The third-order valence-electron chi connectivity index (χ3n) is 3.18. The fourth-order valence-electron chi connectivity index (χ4n) is 2.16. The molecule has 0 bridgehead atoms. The van der Waals surface area contributed by atoms with Crippen LogP contribution in [0.5, 0.6) is 0 Å². The second-order valence-electron chi connectivity index (χ2n) is 4.96. The molecule has 0 fully saturated rings. The Bertz CT molecular complexity index is 431. The van der Waals surface area contributed by atoms with Gasteiger partial charge >= 0.3 is 0 Å². The van der Waals surface area contributed by atoms with Crippen LogP contribution in [0.4, 0.5) is 17.6 Å². The molecule has 0 radical (unpaired) electrons. The van der Waals surface area contributed by atoms with Crippen LogP contribution in [-0.2, 0) is 9.47 Å². The highest BCUT2D eigenvalue weighted by atomic mass is 19.2. The van der Waals surface area contributed by atoms with Crippen molar-refractivity contribution in [3.8, 4) is 0 Å². The van der Waals surface area contributed by atoms with Gasteiger partial charge in [-0.15, -0.1) is 0 Å². The molecule has 2 unspecified atom stereocenters. The van der Waals surface area contributed by atoms with Gasteiger partial charge in [-0.25, -0.2) is 13.2 Å². The van der Waals surface area contributed by atoms with E-state index in [1.807, 2.05) is 6.92 Å². The quantitative estimate of drug-likeness (QED) is 0.340. The maximum Gasteiger partial charge on any atom is 0.194 e. The lowest BCUT2D eigenvalue weighted by atomic mass is 10.1.